The van der Waals surface area contributed by atoms with Crippen molar-refractivity contribution in [2.24, 2.45) is 0 Å². The second-order valence-corrected chi connectivity index (χ2v) is 2.94. The maximum Gasteiger partial charge on any atom is 0.307 e. The number of carboxylic acid groups (broad SMARTS) is 1. The largest absolute Gasteiger partial charge is 0.506 e. The molecular formula is C10H9NO3. The highest BCUT2D eigenvalue weighted by atomic mass is 16.4. The van der Waals surface area contributed by atoms with Gasteiger partial charge in [-0.2, -0.15) is 5.26 Å². The van der Waals surface area contributed by atoms with Crippen LogP contribution in [0.25, 0.3) is 0 Å². The first-order valence-corrected chi connectivity index (χ1v) is 3.99. The Morgan fingerprint density at radius 3 is 2.71 bits per heavy atom. The van der Waals surface area contributed by atoms with Gasteiger partial charge in [0.05, 0.1) is 12.0 Å². The third kappa shape index (κ3) is 1.83. The number of phenols is 1. The lowest BCUT2D eigenvalue weighted by Crippen LogP contribution is -2.03. The summed E-state index contributed by atoms with van der Waals surface area (Å²) in [4.78, 5) is 10.5. The maximum atomic E-state index is 10.5. The molecule has 0 aliphatic heterocycles. The van der Waals surface area contributed by atoms with Crippen LogP contribution in [0, 0.1) is 18.3 Å². The lowest BCUT2D eigenvalue weighted by molar-refractivity contribution is -0.136. The van der Waals surface area contributed by atoms with E-state index in [0.29, 0.717) is 11.1 Å². The Hall–Kier alpha value is -2.02. The number of aliphatic carboxylic acids is 1. The summed E-state index contributed by atoms with van der Waals surface area (Å²) >= 11 is 0. The van der Waals surface area contributed by atoms with Crippen molar-refractivity contribution in [3.8, 4) is 11.8 Å². The van der Waals surface area contributed by atoms with Gasteiger partial charge in [-0.15, -0.1) is 0 Å². The number of hydrogen-bond acceptors (Lipinski definition) is 3. The van der Waals surface area contributed by atoms with E-state index in [-0.39, 0.29) is 17.7 Å². The predicted molar refractivity (Wildman–Crippen MR) is 48.9 cm³/mol. The Bertz CT molecular complexity index is 418. The minimum Gasteiger partial charge on any atom is -0.506 e. The molecule has 0 fully saturated rings. The molecule has 0 bridgehead atoms. The standard InChI is InChI=1S/C10H9NO3/c1-6-2-3-7(5-11)10(14)8(6)4-9(12)13/h2-3,14H,4H2,1H3,(H,12,13). The summed E-state index contributed by atoms with van der Waals surface area (Å²) in [6.07, 6.45) is -0.271. The summed E-state index contributed by atoms with van der Waals surface area (Å²) < 4.78 is 0. The second-order valence-electron chi connectivity index (χ2n) is 2.94. The number of nitriles is 1. The number of carbonyl (C=O) groups is 1. The highest BCUT2D eigenvalue weighted by Gasteiger charge is 2.12. The van der Waals surface area contributed by atoms with Crippen LogP contribution in [0.15, 0.2) is 12.1 Å². The molecule has 0 radical (unpaired) electrons. The summed E-state index contributed by atoms with van der Waals surface area (Å²) in [6, 6.07) is 4.88. The molecule has 0 saturated heterocycles. The molecule has 1 aromatic rings. The maximum absolute atomic E-state index is 10.5. The zero-order valence-electron chi connectivity index (χ0n) is 7.61. The van der Waals surface area contributed by atoms with Gasteiger partial charge in [-0.05, 0) is 18.6 Å². The molecule has 0 heterocycles. The average Bonchev–Trinajstić information content (AvgIpc) is 2.12. The molecule has 2 N–H and O–H groups in total. The van der Waals surface area contributed by atoms with Crippen molar-refractivity contribution in [1.29, 1.82) is 5.26 Å². The van der Waals surface area contributed by atoms with Crippen LogP contribution in [0.2, 0.25) is 0 Å². The summed E-state index contributed by atoms with van der Waals surface area (Å²) in [6.45, 7) is 1.69. The number of aromatic hydroxyl groups is 1. The predicted octanol–water partition coefficient (Wildman–Crippen LogP) is 1.20. The van der Waals surface area contributed by atoms with Crippen molar-refractivity contribution in [2.75, 3.05) is 0 Å². The van der Waals surface area contributed by atoms with E-state index in [4.69, 9.17) is 10.4 Å². The van der Waals surface area contributed by atoms with Crippen molar-refractivity contribution in [1.82, 2.24) is 0 Å². The van der Waals surface area contributed by atoms with Crippen molar-refractivity contribution in [3.05, 3.63) is 28.8 Å². The third-order valence-electron chi connectivity index (χ3n) is 1.97. The molecule has 0 aromatic heterocycles. The van der Waals surface area contributed by atoms with Gasteiger partial charge in [0.15, 0.2) is 0 Å². The second kappa shape index (κ2) is 3.79. The number of rotatable bonds is 2. The molecule has 14 heavy (non-hydrogen) atoms. The minimum atomic E-state index is -1.03. The molecule has 0 aliphatic rings. The van der Waals surface area contributed by atoms with Gasteiger partial charge in [0, 0.05) is 5.56 Å². The Kier molecular flexibility index (Phi) is 2.73. The van der Waals surface area contributed by atoms with E-state index in [9.17, 15) is 9.90 Å². The van der Waals surface area contributed by atoms with Gasteiger partial charge in [-0.3, -0.25) is 4.79 Å². The molecular weight excluding hydrogens is 182 g/mol. The normalized spacial score (nSPS) is 9.43. The van der Waals surface area contributed by atoms with Crippen LogP contribution in [0.3, 0.4) is 0 Å². The summed E-state index contributed by atoms with van der Waals surface area (Å²) in [5.74, 6) is -1.26. The summed E-state index contributed by atoms with van der Waals surface area (Å²) in [7, 11) is 0. The number of hydrogen-bond donors (Lipinski definition) is 2. The molecule has 1 aromatic carbocycles. The first-order chi connectivity index (χ1) is 6.56. The molecule has 72 valence electrons. The zero-order valence-corrected chi connectivity index (χ0v) is 7.61. The molecule has 0 spiro atoms. The van der Waals surface area contributed by atoms with Gasteiger partial charge in [0.1, 0.15) is 11.8 Å². The number of carboxylic acids is 1. The summed E-state index contributed by atoms with van der Waals surface area (Å²) in [5, 5.41) is 26.7. The van der Waals surface area contributed by atoms with Gasteiger partial charge in [0.2, 0.25) is 0 Å². The smallest absolute Gasteiger partial charge is 0.307 e. The van der Waals surface area contributed by atoms with Gasteiger partial charge < -0.3 is 10.2 Å². The van der Waals surface area contributed by atoms with Gasteiger partial charge >= 0.3 is 5.97 Å². The number of aryl methyl sites for hydroxylation is 1. The van der Waals surface area contributed by atoms with E-state index in [1.54, 1.807) is 19.1 Å². The quantitative estimate of drug-likeness (QED) is 0.735. The molecule has 0 atom stereocenters. The molecule has 4 nitrogen and oxygen atoms in total. The van der Waals surface area contributed by atoms with E-state index < -0.39 is 5.97 Å². The summed E-state index contributed by atoms with van der Waals surface area (Å²) in [5.41, 5.74) is 1.08. The van der Waals surface area contributed by atoms with Crippen molar-refractivity contribution >= 4 is 5.97 Å². The Labute approximate surface area is 81.0 Å². The topological polar surface area (TPSA) is 81.3 Å². The zero-order chi connectivity index (χ0) is 10.7. The number of nitrogens with zero attached hydrogens (tertiary/aromatic N) is 1. The van der Waals surface area contributed by atoms with Crippen molar-refractivity contribution in [2.45, 2.75) is 13.3 Å². The Morgan fingerprint density at radius 1 is 1.57 bits per heavy atom. The minimum absolute atomic E-state index is 0.104. The Balaban J connectivity index is 3.27. The fourth-order valence-electron chi connectivity index (χ4n) is 1.20. The van der Waals surface area contributed by atoms with Crippen molar-refractivity contribution < 1.29 is 15.0 Å². The van der Waals surface area contributed by atoms with E-state index in [1.807, 2.05) is 0 Å². The molecule has 0 saturated carbocycles. The third-order valence-corrected chi connectivity index (χ3v) is 1.97. The Morgan fingerprint density at radius 2 is 2.21 bits per heavy atom. The fourth-order valence-corrected chi connectivity index (χ4v) is 1.20. The lowest BCUT2D eigenvalue weighted by Gasteiger charge is -2.06. The van der Waals surface area contributed by atoms with Crippen LogP contribution in [0.4, 0.5) is 0 Å². The van der Waals surface area contributed by atoms with E-state index in [1.165, 1.54) is 6.07 Å². The van der Waals surface area contributed by atoms with E-state index in [0.717, 1.165) is 0 Å². The first kappa shape index (κ1) is 10.1. The van der Waals surface area contributed by atoms with Crippen LogP contribution < -0.4 is 0 Å². The van der Waals surface area contributed by atoms with Gasteiger partial charge in [0.25, 0.3) is 0 Å². The van der Waals surface area contributed by atoms with Crippen LogP contribution in [0.5, 0.6) is 5.75 Å². The number of benzene rings is 1. The number of phenolic OH excluding ortho intramolecular Hbond substituents is 1. The van der Waals surface area contributed by atoms with Crippen LogP contribution >= 0.6 is 0 Å². The van der Waals surface area contributed by atoms with Gasteiger partial charge in [-0.1, -0.05) is 6.07 Å². The van der Waals surface area contributed by atoms with Gasteiger partial charge in [-0.25, -0.2) is 0 Å². The fraction of sp³-hybridized carbons (Fsp3) is 0.200. The first-order valence-electron chi connectivity index (χ1n) is 3.99. The molecule has 0 aliphatic carbocycles. The van der Waals surface area contributed by atoms with Crippen LogP contribution in [0.1, 0.15) is 16.7 Å². The van der Waals surface area contributed by atoms with E-state index in [2.05, 4.69) is 0 Å². The SMILES string of the molecule is Cc1ccc(C#N)c(O)c1CC(=O)O. The monoisotopic (exact) mass is 191 g/mol. The molecule has 4 heteroatoms. The van der Waals surface area contributed by atoms with E-state index >= 15 is 0 Å². The molecule has 0 amide bonds. The molecule has 0 unspecified atom stereocenters. The highest BCUT2D eigenvalue weighted by molar-refractivity contribution is 5.72. The van der Waals surface area contributed by atoms with Crippen LogP contribution in [-0.2, 0) is 11.2 Å². The molecule has 1 rings (SSSR count). The van der Waals surface area contributed by atoms with Crippen LogP contribution in [-0.4, -0.2) is 16.2 Å². The lowest BCUT2D eigenvalue weighted by atomic mass is 10.0. The highest BCUT2D eigenvalue weighted by Crippen LogP contribution is 2.25. The average molecular weight is 191 g/mol. The van der Waals surface area contributed by atoms with Crippen molar-refractivity contribution in [3.63, 3.8) is 0 Å².